The van der Waals surface area contributed by atoms with Crippen LogP contribution in [0.25, 0.3) is 0 Å². The molecule has 0 aliphatic carbocycles. The van der Waals surface area contributed by atoms with E-state index in [0.717, 1.165) is 0 Å². The summed E-state index contributed by atoms with van der Waals surface area (Å²) < 4.78 is 6.39. The molecule has 6 nitrogen and oxygen atoms in total. The van der Waals surface area contributed by atoms with E-state index in [2.05, 4.69) is 31.4 Å². The number of ether oxygens (including phenoxy) is 1. The number of anilines is 1. The van der Waals surface area contributed by atoms with E-state index in [1.807, 2.05) is 6.07 Å². The number of carbonyl (C=O) groups excluding carboxylic acids is 2. The Bertz CT molecular complexity index is 960. The maximum Gasteiger partial charge on any atom is 0.258 e. The van der Waals surface area contributed by atoms with Crippen LogP contribution < -0.4 is 10.1 Å². The minimum atomic E-state index is -0.274. The van der Waals surface area contributed by atoms with E-state index in [1.54, 1.807) is 49.6 Å². The molecule has 0 spiro atoms. The maximum atomic E-state index is 12.3. The predicted molar refractivity (Wildman–Crippen MR) is 110 cm³/mol. The molecule has 0 fully saturated rings. The highest BCUT2D eigenvalue weighted by Crippen LogP contribution is 2.27. The van der Waals surface area contributed by atoms with Crippen LogP contribution >= 0.6 is 39.0 Å². The number of thioether (sulfide) groups is 1. The summed E-state index contributed by atoms with van der Waals surface area (Å²) in [5.74, 6) is 0.647. The Morgan fingerprint density at radius 1 is 1.15 bits per heavy atom. The number of hydrogen-bond donors (Lipinski definition) is 1. The van der Waals surface area contributed by atoms with Crippen molar-refractivity contribution in [1.29, 1.82) is 0 Å². The third-order valence-corrected chi connectivity index (χ3v) is 6.15. The molecule has 1 aromatic heterocycles. The Morgan fingerprint density at radius 3 is 2.59 bits per heavy atom. The molecule has 0 saturated carbocycles. The number of nitrogens with zero attached hydrogens (tertiary/aromatic N) is 2. The fourth-order valence-electron chi connectivity index (χ4n) is 2.12. The number of hydrogen-bond acceptors (Lipinski definition) is 7. The van der Waals surface area contributed by atoms with E-state index in [-0.39, 0.29) is 17.4 Å². The fourth-order valence-corrected chi connectivity index (χ4v) is 4.22. The molecule has 1 heterocycles. The van der Waals surface area contributed by atoms with Gasteiger partial charge >= 0.3 is 0 Å². The van der Waals surface area contributed by atoms with Gasteiger partial charge in [-0.1, -0.05) is 35.2 Å². The van der Waals surface area contributed by atoms with E-state index in [9.17, 15) is 9.59 Å². The van der Waals surface area contributed by atoms with Crippen molar-refractivity contribution in [3.05, 3.63) is 64.1 Å². The molecule has 0 bridgehead atoms. The summed E-state index contributed by atoms with van der Waals surface area (Å²) in [6.45, 7) is 0. The Balaban J connectivity index is 1.57. The Kier molecular flexibility index (Phi) is 6.59. The van der Waals surface area contributed by atoms with Gasteiger partial charge in [-0.3, -0.25) is 14.9 Å². The first kappa shape index (κ1) is 19.5. The third-order valence-electron chi connectivity index (χ3n) is 3.48. The molecule has 2 aromatic carbocycles. The van der Waals surface area contributed by atoms with Crippen molar-refractivity contribution in [2.24, 2.45) is 0 Å². The van der Waals surface area contributed by atoms with Crippen LogP contribution in [0.4, 0.5) is 5.13 Å². The van der Waals surface area contributed by atoms with Crippen molar-refractivity contribution in [1.82, 2.24) is 10.2 Å². The number of benzene rings is 2. The topological polar surface area (TPSA) is 81.2 Å². The molecule has 0 radical (unpaired) electrons. The van der Waals surface area contributed by atoms with Crippen molar-refractivity contribution in [2.45, 2.75) is 4.34 Å². The molecule has 9 heteroatoms. The molecule has 0 aliphatic heterocycles. The summed E-state index contributed by atoms with van der Waals surface area (Å²) >= 11 is 5.85. The minimum Gasteiger partial charge on any atom is -0.497 e. The van der Waals surface area contributed by atoms with Crippen molar-refractivity contribution < 1.29 is 14.3 Å². The lowest BCUT2D eigenvalue weighted by atomic mass is 10.1. The highest BCUT2D eigenvalue weighted by molar-refractivity contribution is 9.10. The highest BCUT2D eigenvalue weighted by atomic mass is 79.9. The normalized spacial score (nSPS) is 10.4. The van der Waals surface area contributed by atoms with Crippen molar-refractivity contribution >= 4 is 55.9 Å². The van der Waals surface area contributed by atoms with E-state index in [4.69, 9.17) is 4.74 Å². The fraction of sp³-hybridized carbons (Fsp3) is 0.111. The number of rotatable bonds is 7. The first-order valence-electron chi connectivity index (χ1n) is 7.76. The summed E-state index contributed by atoms with van der Waals surface area (Å²) in [6.07, 6.45) is 0. The quantitative estimate of drug-likeness (QED) is 0.314. The standard InChI is InChI=1S/C18H14BrN3O3S2/c1-25-12-8-6-11(7-9-12)15(23)10-26-18-22-21-17(27-18)20-16(24)13-4-2-3-5-14(13)19/h2-9H,10H2,1H3,(H,20,21,24). The van der Waals surface area contributed by atoms with Gasteiger partial charge in [-0.25, -0.2) is 0 Å². The van der Waals surface area contributed by atoms with Gasteiger partial charge in [-0.05, 0) is 52.3 Å². The van der Waals surface area contributed by atoms with Crippen LogP contribution in [0.15, 0.2) is 57.3 Å². The number of carbonyl (C=O) groups is 2. The molecule has 1 N–H and O–H groups in total. The summed E-state index contributed by atoms with van der Waals surface area (Å²) in [4.78, 5) is 24.5. The Morgan fingerprint density at radius 2 is 1.89 bits per heavy atom. The smallest absolute Gasteiger partial charge is 0.258 e. The van der Waals surface area contributed by atoms with Crippen LogP contribution in [-0.2, 0) is 0 Å². The SMILES string of the molecule is COc1ccc(C(=O)CSc2nnc(NC(=O)c3ccccc3Br)s2)cc1. The van der Waals surface area contributed by atoms with E-state index >= 15 is 0 Å². The zero-order chi connectivity index (χ0) is 19.2. The van der Waals surface area contributed by atoms with Gasteiger partial charge in [0, 0.05) is 10.0 Å². The molecule has 0 atom stereocenters. The van der Waals surface area contributed by atoms with Gasteiger partial charge in [0.1, 0.15) is 5.75 Å². The summed E-state index contributed by atoms with van der Waals surface area (Å²) in [6, 6.07) is 14.1. The average molecular weight is 464 g/mol. The van der Waals surface area contributed by atoms with Gasteiger partial charge in [0.2, 0.25) is 5.13 Å². The summed E-state index contributed by atoms with van der Waals surface area (Å²) in [5, 5.41) is 11.1. The van der Waals surface area contributed by atoms with Crippen LogP contribution in [-0.4, -0.2) is 34.8 Å². The lowest BCUT2D eigenvalue weighted by Crippen LogP contribution is -2.12. The molecule has 0 unspecified atom stereocenters. The number of amides is 1. The first-order valence-corrected chi connectivity index (χ1v) is 10.4. The van der Waals surface area contributed by atoms with Crippen LogP contribution in [0, 0.1) is 0 Å². The largest absolute Gasteiger partial charge is 0.497 e. The second kappa shape index (κ2) is 9.12. The van der Waals surface area contributed by atoms with Gasteiger partial charge in [0.25, 0.3) is 5.91 Å². The number of aromatic nitrogens is 2. The predicted octanol–water partition coefficient (Wildman–Crippen LogP) is 4.54. The molecular weight excluding hydrogens is 450 g/mol. The monoisotopic (exact) mass is 463 g/mol. The molecule has 138 valence electrons. The second-order valence-electron chi connectivity index (χ2n) is 5.25. The zero-order valence-corrected chi connectivity index (χ0v) is 17.4. The van der Waals surface area contributed by atoms with Gasteiger partial charge < -0.3 is 4.74 Å². The second-order valence-corrected chi connectivity index (χ2v) is 8.30. The molecule has 0 aliphatic rings. The van der Waals surface area contributed by atoms with Gasteiger partial charge in [0.05, 0.1) is 18.4 Å². The number of Topliss-reactive ketones (excluding diaryl/α,β-unsaturated/α-hetero) is 1. The van der Waals surface area contributed by atoms with Crippen LogP contribution in [0.2, 0.25) is 0 Å². The van der Waals surface area contributed by atoms with Crippen LogP contribution in [0.3, 0.4) is 0 Å². The zero-order valence-electron chi connectivity index (χ0n) is 14.1. The number of halogens is 1. The molecule has 1 amide bonds. The van der Waals surface area contributed by atoms with E-state index in [1.165, 1.54) is 23.1 Å². The lowest BCUT2D eigenvalue weighted by molar-refractivity contribution is 0.101. The van der Waals surface area contributed by atoms with Gasteiger partial charge in [0.15, 0.2) is 10.1 Å². The van der Waals surface area contributed by atoms with Crippen molar-refractivity contribution in [3.63, 3.8) is 0 Å². The Labute approximate surface area is 172 Å². The van der Waals surface area contributed by atoms with Crippen molar-refractivity contribution in [2.75, 3.05) is 18.2 Å². The number of nitrogens with one attached hydrogen (secondary N) is 1. The molecule has 0 saturated heterocycles. The Hall–Kier alpha value is -2.23. The highest BCUT2D eigenvalue weighted by Gasteiger charge is 2.14. The average Bonchev–Trinajstić information content (AvgIpc) is 3.13. The number of methoxy groups -OCH3 is 1. The van der Waals surface area contributed by atoms with E-state index < -0.39 is 0 Å². The molecule has 27 heavy (non-hydrogen) atoms. The third kappa shape index (κ3) is 5.15. The molecule has 3 rings (SSSR count). The van der Waals surface area contributed by atoms with E-state index in [0.29, 0.717) is 30.8 Å². The lowest BCUT2D eigenvalue weighted by Gasteiger charge is -2.03. The summed E-state index contributed by atoms with van der Waals surface area (Å²) in [7, 11) is 1.58. The van der Waals surface area contributed by atoms with Gasteiger partial charge in [-0.2, -0.15) is 0 Å². The summed E-state index contributed by atoms with van der Waals surface area (Å²) in [5.41, 5.74) is 1.12. The first-order chi connectivity index (χ1) is 13.1. The van der Waals surface area contributed by atoms with Gasteiger partial charge in [-0.15, -0.1) is 10.2 Å². The minimum absolute atomic E-state index is 0.0170. The van der Waals surface area contributed by atoms with Crippen LogP contribution in [0.1, 0.15) is 20.7 Å². The maximum absolute atomic E-state index is 12.3. The molecular formula is C18H14BrN3O3S2. The number of ketones is 1. The van der Waals surface area contributed by atoms with Crippen LogP contribution in [0.5, 0.6) is 5.75 Å². The molecule has 3 aromatic rings. The van der Waals surface area contributed by atoms with Crippen molar-refractivity contribution in [3.8, 4) is 5.75 Å².